The van der Waals surface area contributed by atoms with Gasteiger partial charge in [0, 0.05) is 21.5 Å². The molecule has 4 aromatic carbocycles. The maximum Gasteiger partial charge on any atom is 0.204 e. The third-order valence-corrected chi connectivity index (χ3v) is 5.95. The van der Waals surface area contributed by atoms with E-state index in [1.807, 2.05) is 0 Å². The Morgan fingerprint density at radius 1 is 0.556 bits per heavy atom. The normalized spacial score (nSPS) is 11.9. The molecule has 0 spiro atoms. The number of aromatic hydroxyl groups is 2. The molecule has 0 amide bonds. The summed E-state index contributed by atoms with van der Waals surface area (Å²) < 4.78 is 0.0312. The predicted molar refractivity (Wildman–Crippen MR) is 105 cm³/mol. The van der Waals surface area contributed by atoms with Gasteiger partial charge in [0.15, 0.2) is 10.9 Å². The summed E-state index contributed by atoms with van der Waals surface area (Å²) >= 11 is 0.796. The Hall–Kier alpha value is -3.58. The topological polar surface area (TPSA) is 109 Å². The Bertz CT molecular complexity index is 1550. The highest BCUT2D eigenvalue weighted by atomic mass is 32.1. The molecule has 0 fully saturated rings. The summed E-state index contributed by atoms with van der Waals surface area (Å²) in [4.78, 5) is 51.7. The number of hydrogen-bond donors (Lipinski definition) is 2. The molecule has 0 radical (unpaired) electrons. The van der Waals surface area contributed by atoms with E-state index in [2.05, 4.69) is 0 Å². The number of benzene rings is 4. The average molecular weight is 376 g/mol. The number of phenols is 2. The van der Waals surface area contributed by atoms with Gasteiger partial charge in [-0.15, -0.1) is 11.3 Å². The van der Waals surface area contributed by atoms with Crippen LogP contribution in [0.3, 0.4) is 0 Å². The van der Waals surface area contributed by atoms with Crippen molar-refractivity contribution in [2.24, 2.45) is 0 Å². The third-order valence-electron chi connectivity index (χ3n) is 4.76. The maximum atomic E-state index is 13.0. The van der Waals surface area contributed by atoms with Crippen LogP contribution in [-0.2, 0) is 0 Å². The number of rotatable bonds is 0. The van der Waals surface area contributed by atoms with Gasteiger partial charge in [0.2, 0.25) is 10.9 Å². The molecule has 2 N–H and O–H groups in total. The fraction of sp³-hybridized carbons (Fsp3) is 0. The molecule has 1 aromatic heterocycles. The SMILES string of the molecule is O=c1c2cc(O)ccc2c(=O)c2c1sc1c(=O)c3cc(O)ccc3c(=O)c12. The molecule has 27 heavy (non-hydrogen) atoms. The summed E-state index contributed by atoms with van der Waals surface area (Å²) in [6.07, 6.45) is 0. The van der Waals surface area contributed by atoms with Crippen LogP contribution in [0.25, 0.3) is 41.7 Å². The molecule has 0 aliphatic rings. The molecule has 0 unspecified atom stereocenters. The minimum absolute atomic E-state index is 0.0156. The van der Waals surface area contributed by atoms with Crippen LogP contribution in [0.5, 0.6) is 11.5 Å². The summed E-state index contributed by atoms with van der Waals surface area (Å²) in [6, 6.07) is 7.65. The molecular weight excluding hydrogens is 368 g/mol. The zero-order valence-electron chi connectivity index (χ0n) is 13.4. The lowest BCUT2D eigenvalue weighted by atomic mass is 10.0. The van der Waals surface area contributed by atoms with E-state index in [0.29, 0.717) is 0 Å². The van der Waals surface area contributed by atoms with Crippen LogP contribution in [-0.4, -0.2) is 10.2 Å². The summed E-state index contributed by atoms with van der Waals surface area (Å²) in [5.41, 5.74) is -2.08. The van der Waals surface area contributed by atoms with Gasteiger partial charge in [-0.2, -0.15) is 0 Å². The minimum atomic E-state index is -0.527. The van der Waals surface area contributed by atoms with E-state index in [0.717, 1.165) is 11.3 Å². The van der Waals surface area contributed by atoms with Crippen LogP contribution in [0.1, 0.15) is 0 Å². The molecule has 6 nitrogen and oxygen atoms in total. The van der Waals surface area contributed by atoms with Gasteiger partial charge in [-0.1, -0.05) is 0 Å². The monoisotopic (exact) mass is 376 g/mol. The van der Waals surface area contributed by atoms with E-state index < -0.39 is 21.7 Å². The van der Waals surface area contributed by atoms with Gasteiger partial charge in [-0.3, -0.25) is 19.2 Å². The van der Waals surface area contributed by atoms with Crippen molar-refractivity contribution in [1.82, 2.24) is 0 Å². The van der Waals surface area contributed by atoms with Crippen molar-refractivity contribution in [3.8, 4) is 11.5 Å². The Morgan fingerprint density at radius 3 is 1.37 bits per heavy atom. The van der Waals surface area contributed by atoms with E-state index in [-0.39, 0.29) is 53.2 Å². The fourth-order valence-electron chi connectivity index (χ4n) is 3.53. The first-order valence-electron chi connectivity index (χ1n) is 7.90. The number of hydrogen-bond acceptors (Lipinski definition) is 7. The Labute approximate surface area is 152 Å². The van der Waals surface area contributed by atoms with Crippen molar-refractivity contribution >= 4 is 53.1 Å². The highest BCUT2D eigenvalue weighted by Crippen LogP contribution is 2.30. The first kappa shape index (κ1) is 15.7. The van der Waals surface area contributed by atoms with E-state index >= 15 is 0 Å². The molecule has 0 bridgehead atoms. The number of thiophene rings is 1. The average Bonchev–Trinajstić information content (AvgIpc) is 3.05. The van der Waals surface area contributed by atoms with Crippen molar-refractivity contribution < 1.29 is 10.2 Å². The first-order valence-corrected chi connectivity index (χ1v) is 8.71. The van der Waals surface area contributed by atoms with Crippen molar-refractivity contribution in [3.63, 3.8) is 0 Å². The molecule has 1 heterocycles. The van der Waals surface area contributed by atoms with Crippen LogP contribution in [0.2, 0.25) is 0 Å². The largest absolute Gasteiger partial charge is 0.508 e. The van der Waals surface area contributed by atoms with E-state index in [1.165, 1.54) is 36.4 Å². The fourth-order valence-corrected chi connectivity index (χ4v) is 4.74. The third kappa shape index (κ3) is 1.89. The number of fused-ring (bicyclic) bond motifs is 5. The van der Waals surface area contributed by atoms with Gasteiger partial charge in [0.1, 0.15) is 11.5 Å². The van der Waals surface area contributed by atoms with Gasteiger partial charge >= 0.3 is 0 Å². The van der Waals surface area contributed by atoms with Crippen LogP contribution in [0.15, 0.2) is 55.6 Å². The molecule has 0 aliphatic carbocycles. The Balaban J connectivity index is 2.20. The van der Waals surface area contributed by atoms with E-state index in [9.17, 15) is 29.4 Å². The summed E-state index contributed by atoms with van der Waals surface area (Å²) in [7, 11) is 0. The molecule has 7 heteroatoms. The summed E-state index contributed by atoms with van der Waals surface area (Å²) in [5.74, 6) is -0.315. The number of phenolic OH excluding ortho intramolecular Hbond substituents is 2. The summed E-state index contributed by atoms with van der Waals surface area (Å²) in [6.45, 7) is 0. The van der Waals surface area contributed by atoms with E-state index in [1.54, 1.807) is 0 Å². The Morgan fingerprint density at radius 2 is 0.963 bits per heavy atom. The van der Waals surface area contributed by atoms with Crippen LogP contribution >= 0.6 is 11.3 Å². The smallest absolute Gasteiger partial charge is 0.204 e. The van der Waals surface area contributed by atoms with Crippen molar-refractivity contribution in [2.45, 2.75) is 0 Å². The second kappa shape index (κ2) is 4.99. The minimum Gasteiger partial charge on any atom is -0.508 e. The van der Waals surface area contributed by atoms with Gasteiger partial charge < -0.3 is 10.2 Å². The van der Waals surface area contributed by atoms with Gasteiger partial charge in [0.25, 0.3) is 0 Å². The Kier molecular flexibility index (Phi) is 2.89. The lowest BCUT2D eigenvalue weighted by molar-refractivity contribution is 0.475. The van der Waals surface area contributed by atoms with Crippen LogP contribution < -0.4 is 21.7 Å². The second-order valence-electron chi connectivity index (χ2n) is 6.29. The zero-order chi connectivity index (χ0) is 19.0. The molecule has 130 valence electrons. The molecular formula is C20H8O6S. The lowest BCUT2D eigenvalue weighted by Crippen LogP contribution is -2.15. The maximum absolute atomic E-state index is 13.0. The predicted octanol–water partition coefficient (Wildman–Crippen LogP) is 2.09. The molecule has 0 atom stereocenters. The molecule has 0 aliphatic heterocycles. The molecule has 0 saturated heterocycles. The van der Waals surface area contributed by atoms with Gasteiger partial charge in [0.05, 0.1) is 20.2 Å². The van der Waals surface area contributed by atoms with Crippen molar-refractivity contribution in [3.05, 3.63) is 77.3 Å². The quantitative estimate of drug-likeness (QED) is 0.428. The van der Waals surface area contributed by atoms with Gasteiger partial charge in [-0.05, 0) is 36.4 Å². The van der Waals surface area contributed by atoms with Crippen LogP contribution in [0.4, 0.5) is 0 Å². The highest BCUT2D eigenvalue weighted by Gasteiger charge is 2.22. The second-order valence-corrected chi connectivity index (χ2v) is 7.31. The van der Waals surface area contributed by atoms with Gasteiger partial charge in [-0.25, -0.2) is 0 Å². The van der Waals surface area contributed by atoms with Crippen molar-refractivity contribution in [2.75, 3.05) is 0 Å². The van der Waals surface area contributed by atoms with Crippen LogP contribution in [0, 0.1) is 0 Å². The van der Waals surface area contributed by atoms with E-state index in [4.69, 9.17) is 0 Å². The molecule has 5 aromatic rings. The molecule has 5 rings (SSSR count). The summed E-state index contributed by atoms with van der Waals surface area (Å²) in [5, 5.41) is 19.4. The zero-order valence-corrected chi connectivity index (χ0v) is 14.2. The van der Waals surface area contributed by atoms with Crippen molar-refractivity contribution in [1.29, 1.82) is 0 Å². The highest BCUT2D eigenvalue weighted by molar-refractivity contribution is 7.25. The molecule has 0 saturated carbocycles. The lowest BCUT2D eigenvalue weighted by Gasteiger charge is -1.99. The standard InChI is InChI=1S/C20H8O6S/c21-7-1-3-9-11(5-7)17(25)19-13(15(9)23)14-16(24)10-4-2-8(22)6-12(10)18(26)20(14)27-19/h1-6,21-22H. The first-order chi connectivity index (χ1) is 12.9.